The van der Waals surface area contributed by atoms with Crippen molar-refractivity contribution in [2.75, 3.05) is 11.4 Å². The van der Waals surface area contributed by atoms with Crippen LogP contribution >= 0.6 is 0 Å². The van der Waals surface area contributed by atoms with E-state index in [4.69, 9.17) is 4.74 Å². The van der Waals surface area contributed by atoms with Crippen LogP contribution in [0.2, 0.25) is 0 Å². The van der Waals surface area contributed by atoms with Crippen molar-refractivity contribution in [3.05, 3.63) is 89.7 Å². The van der Waals surface area contributed by atoms with Crippen molar-refractivity contribution >= 4 is 28.4 Å². The largest absolute Gasteiger partial charge is 0.573 e. The molecule has 196 valence electrons. The summed E-state index contributed by atoms with van der Waals surface area (Å²) < 4.78 is 63.2. The Morgan fingerprint density at radius 3 is 2.24 bits per heavy atom. The van der Waals surface area contributed by atoms with E-state index in [0.29, 0.717) is 27.5 Å². The first kappa shape index (κ1) is 27.7. The van der Waals surface area contributed by atoms with E-state index in [2.05, 4.69) is 9.72 Å². The molecule has 4 rings (SSSR count). The van der Waals surface area contributed by atoms with Gasteiger partial charge in [0.05, 0.1) is 29.8 Å². The van der Waals surface area contributed by atoms with Gasteiger partial charge in [0, 0.05) is 6.20 Å². The van der Waals surface area contributed by atoms with Gasteiger partial charge in [-0.15, -0.1) is 13.2 Å². The van der Waals surface area contributed by atoms with Crippen LogP contribution in [0.5, 0.6) is 5.75 Å². The normalized spacial score (nSPS) is 11.9. The molecule has 11 heteroatoms. The maximum absolute atomic E-state index is 13.7. The van der Waals surface area contributed by atoms with Crippen molar-refractivity contribution in [3.63, 3.8) is 0 Å². The Bertz CT molecular complexity index is 1370. The molecule has 0 aliphatic rings. The fraction of sp³-hybridized carbons (Fsp3) is 0.231. The molecule has 2 heterocycles. The number of nitrogens with zero attached hydrogens (tertiary/aromatic N) is 3. The second-order valence-corrected chi connectivity index (χ2v) is 8.85. The lowest BCUT2D eigenvalue weighted by molar-refractivity contribution is -0.274. The van der Waals surface area contributed by atoms with Crippen LogP contribution in [-0.2, 0) is 22.3 Å². The van der Waals surface area contributed by atoms with Gasteiger partial charge in [-0.3, -0.25) is 4.31 Å². The number of methoxy groups -OCH3 is 1. The Hall–Kier alpha value is -3.86. The molecule has 1 unspecified atom stereocenters. The molecule has 0 saturated carbocycles. The van der Waals surface area contributed by atoms with Crippen LogP contribution in [0.3, 0.4) is 0 Å². The zero-order valence-corrected chi connectivity index (χ0v) is 21.5. The summed E-state index contributed by atoms with van der Waals surface area (Å²) >= 11 is 0. The van der Waals surface area contributed by atoms with Gasteiger partial charge in [-0.1, -0.05) is 32.0 Å². The number of rotatable bonds is 7. The fourth-order valence-corrected chi connectivity index (χ4v) is 4.69. The predicted molar refractivity (Wildman–Crippen MR) is 135 cm³/mol. The second-order valence-electron chi connectivity index (χ2n) is 7.44. The summed E-state index contributed by atoms with van der Waals surface area (Å²) in [5.74, 6) is -0.421. The second kappa shape index (κ2) is 11.9. The quantitative estimate of drug-likeness (QED) is 0.269. The Kier molecular flexibility index (Phi) is 8.93. The topological polar surface area (TPSA) is 73.1 Å². The summed E-state index contributed by atoms with van der Waals surface area (Å²) in [6.07, 6.45) is -2.96. The minimum atomic E-state index is -4.79. The highest BCUT2D eigenvalue weighted by molar-refractivity contribution is 7.86. The summed E-state index contributed by atoms with van der Waals surface area (Å²) in [7, 11) is -0.489. The molecule has 0 spiro atoms. The minimum absolute atomic E-state index is 0.0857. The number of hydrogen-bond acceptors (Lipinski definition) is 5. The summed E-state index contributed by atoms with van der Waals surface area (Å²) in [6.45, 7) is 5.92. The minimum Gasteiger partial charge on any atom is -0.465 e. The number of esters is 1. The van der Waals surface area contributed by atoms with Crippen molar-refractivity contribution in [1.82, 2.24) is 9.38 Å². The Labute approximate surface area is 215 Å². The monoisotopic (exact) mass is 533 g/mol. The third-order valence-corrected chi connectivity index (χ3v) is 6.52. The molecular weight excluding hydrogens is 507 g/mol. The lowest BCUT2D eigenvalue weighted by atomic mass is 10.2. The molecule has 0 aliphatic heterocycles. The van der Waals surface area contributed by atoms with Crippen LogP contribution in [-0.4, -0.2) is 33.0 Å². The predicted octanol–water partition coefficient (Wildman–Crippen LogP) is 6.08. The van der Waals surface area contributed by atoms with Gasteiger partial charge in [0.1, 0.15) is 11.4 Å². The number of anilines is 1. The molecule has 37 heavy (non-hydrogen) atoms. The Morgan fingerprint density at radius 2 is 1.68 bits per heavy atom. The van der Waals surface area contributed by atoms with E-state index < -0.39 is 23.3 Å². The first-order chi connectivity index (χ1) is 17.7. The van der Waals surface area contributed by atoms with Crippen molar-refractivity contribution in [2.45, 2.75) is 38.6 Å². The van der Waals surface area contributed by atoms with Gasteiger partial charge in [0.2, 0.25) is 0 Å². The van der Waals surface area contributed by atoms with E-state index in [-0.39, 0.29) is 12.3 Å². The number of carbonyl (C=O) groups excluding carboxylic acids is 1. The number of pyridine rings is 1. The zero-order valence-electron chi connectivity index (χ0n) is 20.7. The maximum atomic E-state index is 13.7. The third kappa shape index (κ3) is 6.67. The van der Waals surface area contributed by atoms with E-state index >= 15 is 0 Å². The molecule has 7 nitrogen and oxygen atoms in total. The molecule has 2 aromatic carbocycles. The molecule has 0 saturated heterocycles. The molecular formula is C26H26F3N3O4S. The Morgan fingerprint density at radius 1 is 1.03 bits per heavy atom. The van der Waals surface area contributed by atoms with E-state index in [1.165, 1.54) is 43.5 Å². The summed E-state index contributed by atoms with van der Waals surface area (Å²) in [5, 5.41) is 0. The van der Waals surface area contributed by atoms with Crippen LogP contribution in [0.15, 0.2) is 77.8 Å². The van der Waals surface area contributed by atoms with E-state index in [1.54, 1.807) is 16.4 Å². The molecule has 0 radical (unpaired) electrons. The van der Waals surface area contributed by atoms with E-state index in [0.717, 1.165) is 5.69 Å². The SMILES string of the molecule is CC.COC(=O)c1ccc(S(=O)N(Cc2ccc(OC(F)(F)F)cc2)c2nc3ccccn3c2C)cc1. The van der Waals surface area contributed by atoms with Gasteiger partial charge in [0.25, 0.3) is 0 Å². The first-order valence-corrected chi connectivity index (χ1v) is 12.4. The summed E-state index contributed by atoms with van der Waals surface area (Å²) in [5.41, 5.74) is 2.29. The molecule has 1 atom stereocenters. The van der Waals surface area contributed by atoms with Gasteiger partial charge in [0.15, 0.2) is 16.8 Å². The number of alkyl halides is 3. The number of fused-ring (bicyclic) bond motifs is 1. The molecule has 0 amide bonds. The highest BCUT2D eigenvalue weighted by atomic mass is 32.2. The highest BCUT2D eigenvalue weighted by Gasteiger charge is 2.31. The van der Waals surface area contributed by atoms with Crippen molar-refractivity contribution in [3.8, 4) is 5.75 Å². The van der Waals surface area contributed by atoms with Crippen LogP contribution in [0.25, 0.3) is 5.65 Å². The lowest BCUT2D eigenvalue weighted by Gasteiger charge is -2.22. The van der Waals surface area contributed by atoms with Gasteiger partial charge in [-0.2, -0.15) is 0 Å². The number of hydrogen-bond donors (Lipinski definition) is 0. The van der Waals surface area contributed by atoms with Crippen molar-refractivity contribution < 1.29 is 31.6 Å². The lowest BCUT2D eigenvalue weighted by Crippen LogP contribution is -2.26. The number of ether oxygens (including phenoxy) is 2. The van der Waals surface area contributed by atoms with E-state index in [9.17, 15) is 22.2 Å². The first-order valence-electron chi connectivity index (χ1n) is 11.3. The van der Waals surface area contributed by atoms with Gasteiger partial charge < -0.3 is 13.9 Å². The van der Waals surface area contributed by atoms with Gasteiger partial charge >= 0.3 is 12.3 Å². The van der Waals surface area contributed by atoms with Crippen LogP contribution < -0.4 is 9.04 Å². The maximum Gasteiger partial charge on any atom is 0.573 e. The molecule has 0 aliphatic carbocycles. The fourth-order valence-electron chi connectivity index (χ4n) is 3.47. The third-order valence-electron chi connectivity index (χ3n) is 5.14. The van der Waals surface area contributed by atoms with Crippen molar-refractivity contribution in [2.24, 2.45) is 0 Å². The zero-order chi connectivity index (χ0) is 27.2. The number of aryl methyl sites for hydroxylation is 1. The van der Waals surface area contributed by atoms with Gasteiger partial charge in [-0.05, 0) is 61.0 Å². The average molecular weight is 534 g/mol. The molecule has 4 aromatic rings. The molecule has 2 aromatic heterocycles. The van der Waals surface area contributed by atoms with Crippen LogP contribution in [0.4, 0.5) is 19.0 Å². The standard InChI is InChI=1S/C24H20F3N3O4S.C2H6/c1-16-22(28-21-5-3-4-14-29(16)21)30(15-17-6-10-19(11-7-17)34-24(25,26)27)35(32)20-12-8-18(9-13-20)23(31)33-2;1-2/h3-14H,15H2,1-2H3;1-2H3. The molecule has 0 N–H and O–H groups in total. The number of imidazole rings is 1. The molecule has 0 bridgehead atoms. The van der Waals surface area contributed by atoms with Crippen LogP contribution in [0, 0.1) is 6.92 Å². The Balaban J connectivity index is 0.00000186. The number of aromatic nitrogens is 2. The number of carbonyl (C=O) groups is 1. The van der Waals surface area contributed by atoms with Crippen LogP contribution in [0.1, 0.15) is 35.5 Å². The summed E-state index contributed by atoms with van der Waals surface area (Å²) in [6, 6.07) is 17.0. The van der Waals surface area contributed by atoms with Crippen molar-refractivity contribution in [1.29, 1.82) is 0 Å². The highest BCUT2D eigenvalue weighted by Crippen LogP contribution is 2.28. The van der Waals surface area contributed by atoms with E-state index in [1.807, 2.05) is 49.6 Å². The molecule has 0 fully saturated rings. The average Bonchev–Trinajstić information content (AvgIpc) is 3.24. The number of halogens is 3. The van der Waals surface area contributed by atoms with Gasteiger partial charge in [-0.25, -0.2) is 14.0 Å². The number of benzene rings is 2. The summed E-state index contributed by atoms with van der Waals surface area (Å²) in [4.78, 5) is 16.8. The smallest absolute Gasteiger partial charge is 0.465 e.